The lowest BCUT2D eigenvalue weighted by Gasteiger charge is -2.21. The predicted octanol–water partition coefficient (Wildman–Crippen LogP) is -0.336. The van der Waals surface area contributed by atoms with E-state index in [1.165, 1.54) is 7.11 Å². The third-order valence-corrected chi connectivity index (χ3v) is 2.80. The molecule has 0 aromatic rings. The van der Waals surface area contributed by atoms with Crippen LogP contribution in [0.3, 0.4) is 0 Å². The molecule has 2 heterocycles. The van der Waals surface area contributed by atoms with E-state index in [4.69, 9.17) is 10.5 Å². The van der Waals surface area contributed by atoms with Gasteiger partial charge in [0.1, 0.15) is 5.92 Å². The van der Waals surface area contributed by atoms with Crippen LogP contribution in [-0.4, -0.2) is 31.3 Å². The SMILES string of the molecule is COC(=O)[C@H]1[C@@H](N)[C@H]2CC[C@H]1O2. The molecule has 68 valence electrons. The predicted molar refractivity (Wildman–Crippen MR) is 41.4 cm³/mol. The Balaban J connectivity index is 2.12. The molecular formula is C8H13NO3. The lowest BCUT2D eigenvalue weighted by atomic mass is 9.85. The highest BCUT2D eigenvalue weighted by Gasteiger charge is 2.51. The molecule has 0 radical (unpaired) electrons. The number of rotatable bonds is 1. The van der Waals surface area contributed by atoms with E-state index in [-0.39, 0.29) is 30.1 Å². The number of fused-ring (bicyclic) bond motifs is 2. The number of esters is 1. The maximum atomic E-state index is 11.2. The minimum Gasteiger partial charge on any atom is -0.469 e. The minimum atomic E-state index is -0.228. The smallest absolute Gasteiger partial charge is 0.312 e. The van der Waals surface area contributed by atoms with Gasteiger partial charge in [0.15, 0.2) is 0 Å². The fourth-order valence-electron chi connectivity index (χ4n) is 2.16. The lowest BCUT2D eigenvalue weighted by Crippen LogP contribution is -2.44. The maximum absolute atomic E-state index is 11.2. The number of hydrogen-bond acceptors (Lipinski definition) is 4. The van der Waals surface area contributed by atoms with Gasteiger partial charge in [-0.1, -0.05) is 0 Å². The summed E-state index contributed by atoms with van der Waals surface area (Å²) in [5, 5.41) is 0. The molecule has 0 unspecified atom stereocenters. The van der Waals surface area contributed by atoms with Gasteiger partial charge in [-0.15, -0.1) is 0 Å². The van der Waals surface area contributed by atoms with Crippen LogP contribution in [0.1, 0.15) is 12.8 Å². The topological polar surface area (TPSA) is 61.5 Å². The van der Waals surface area contributed by atoms with Gasteiger partial charge in [0.2, 0.25) is 0 Å². The van der Waals surface area contributed by atoms with Crippen molar-refractivity contribution in [1.82, 2.24) is 0 Å². The van der Waals surface area contributed by atoms with Gasteiger partial charge in [-0.3, -0.25) is 4.79 Å². The minimum absolute atomic E-state index is 0.0115. The molecule has 2 rings (SSSR count). The fourth-order valence-corrected chi connectivity index (χ4v) is 2.16. The van der Waals surface area contributed by atoms with Gasteiger partial charge in [0, 0.05) is 6.04 Å². The molecule has 0 spiro atoms. The van der Waals surface area contributed by atoms with Crippen molar-refractivity contribution in [3.63, 3.8) is 0 Å². The molecule has 0 aliphatic carbocycles. The van der Waals surface area contributed by atoms with Crippen LogP contribution in [0.5, 0.6) is 0 Å². The summed E-state index contributed by atoms with van der Waals surface area (Å²) in [6, 6.07) is -0.156. The zero-order valence-corrected chi connectivity index (χ0v) is 7.03. The number of hydrogen-bond donors (Lipinski definition) is 1. The van der Waals surface area contributed by atoms with E-state index in [1.807, 2.05) is 0 Å². The fraction of sp³-hybridized carbons (Fsp3) is 0.875. The second-order valence-corrected chi connectivity index (χ2v) is 3.42. The number of carbonyl (C=O) groups excluding carboxylic acids is 1. The van der Waals surface area contributed by atoms with Crippen LogP contribution in [0.25, 0.3) is 0 Å². The summed E-state index contributed by atoms with van der Waals surface area (Å²) in [7, 11) is 1.39. The molecule has 4 nitrogen and oxygen atoms in total. The summed E-state index contributed by atoms with van der Waals surface area (Å²) < 4.78 is 10.2. The molecule has 2 aliphatic heterocycles. The zero-order valence-electron chi connectivity index (χ0n) is 7.03. The molecule has 4 atom stereocenters. The molecule has 0 amide bonds. The quantitative estimate of drug-likeness (QED) is 0.548. The second kappa shape index (κ2) is 2.71. The average molecular weight is 171 g/mol. The highest BCUT2D eigenvalue weighted by Crippen LogP contribution is 2.38. The summed E-state index contributed by atoms with van der Waals surface area (Å²) in [4.78, 5) is 11.2. The Morgan fingerprint density at radius 2 is 2.17 bits per heavy atom. The molecule has 12 heavy (non-hydrogen) atoms. The Morgan fingerprint density at radius 3 is 2.67 bits per heavy atom. The van der Waals surface area contributed by atoms with E-state index < -0.39 is 0 Å². The number of methoxy groups -OCH3 is 1. The summed E-state index contributed by atoms with van der Waals surface area (Å²) in [6.07, 6.45) is 2.02. The summed E-state index contributed by atoms with van der Waals surface area (Å²) in [5.41, 5.74) is 5.81. The van der Waals surface area contributed by atoms with Gasteiger partial charge >= 0.3 is 5.97 Å². The number of nitrogens with two attached hydrogens (primary N) is 1. The van der Waals surface area contributed by atoms with Gasteiger partial charge in [-0.2, -0.15) is 0 Å². The van der Waals surface area contributed by atoms with Gasteiger partial charge in [0.05, 0.1) is 19.3 Å². The van der Waals surface area contributed by atoms with Gasteiger partial charge in [0.25, 0.3) is 0 Å². The summed E-state index contributed by atoms with van der Waals surface area (Å²) in [5.74, 6) is -0.455. The molecule has 2 saturated heterocycles. The molecule has 2 fully saturated rings. The van der Waals surface area contributed by atoms with Crippen LogP contribution in [-0.2, 0) is 14.3 Å². The molecule has 2 N–H and O–H groups in total. The van der Waals surface area contributed by atoms with E-state index in [0.29, 0.717) is 0 Å². The average Bonchev–Trinajstić information content (AvgIpc) is 2.63. The van der Waals surface area contributed by atoms with E-state index in [0.717, 1.165) is 12.8 Å². The Labute approximate surface area is 71.0 Å². The van der Waals surface area contributed by atoms with E-state index in [9.17, 15) is 4.79 Å². The third kappa shape index (κ3) is 0.949. The van der Waals surface area contributed by atoms with Crippen molar-refractivity contribution >= 4 is 5.97 Å². The van der Waals surface area contributed by atoms with Crippen LogP contribution in [0, 0.1) is 5.92 Å². The van der Waals surface area contributed by atoms with E-state index in [2.05, 4.69) is 4.74 Å². The van der Waals surface area contributed by atoms with Gasteiger partial charge in [-0.05, 0) is 12.8 Å². The van der Waals surface area contributed by atoms with Crippen molar-refractivity contribution in [3.8, 4) is 0 Å². The lowest BCUT2D eigenvalue weighted by molar-refractivity contribution is -0.147. The summed E-state index contributed by atoms with van der Waals surface area (Å²) in [6.45, 7) is 0. The zero-order chi connectivity index (χ0) is 8.72. The van der Waals surface area contributed by atoms with Crippen LogP contribution in [0.15, 0.2) is 0 Å². The van der Waals surface area contributed by atoms with E-state index >= 15 is 0 Å². The van der Waals surface area contributed by atoms with Crippen molar-refractivity contribution in [2.45, 2.75) is 31.1 Å². The van der Waals surface area contributed by atoms with Crippen molar-refractivity contribution in [3.05, 3.63) is 0 Å². The van der Waals surface area contributed by atoms with Crippen LogP contribution >= 0.6 is 0 Å². The first-order valence-corrected chi connectivity index (χ1v) is 4.23. The van der Waals surface area contributed by atoms with Gasteiger partial charge in [-0.25, -0.2) is 0 Å². The number of carbonyl (C=O) groups is 1. The Kier molecular flexibility index (Phi) is 1.81. The first-order valence-electron chi connectivity index (χ1n) is 4.23. The van der Waals surface area contributed by atoms with Gasteiger partial charge < -0.3 is 15.2 Å². The standard InChI is InChI=1S/C8H13NO3/c1-11-8(10)6-4-2-3-5(12-4)7(6)9/h4-7H,2-3,9H2,1H3/t4-,5-,6-,7+/m1/s1. The monoisotopic (exact) mass is 171 g/mol. The first-order chi connectivity index (χ1) is 5.74. The van der Waals surface area contributed by atoms with E-state index in [1.54, 1.807) is 0 Å². The Morgan fingerprint density at radius 1 is 1.50 bits per heavy atom. The normalized spacial score (nSPS) is 44.8. The molecule has 0 aromatic carbocycles. The largest absolute Gasteiger partial charge is 0.469 e. The van der Waals surface area contributed by atoms with Crippen molar-refractivity contribution in [1.29, 1.82) is 0 Å². The molecular weight excluding hydrogens is 158 g/mol. The molecule has 0 saturated carbocycles. The Hall–Kier alpha value is -0.610. The van der Waals surface area contributed by atoms with Crippen LogP contribution in [0.2, 0.25) is 0 Å². The van der Waals surface area contributed by atoms with Crippen molar-refractivity contribution < 1.29 is 14.3 Å². The maximum Gasteiger partial charge on any atom is 0.312 e. The van der Waals surface area contributed by atoms with Crippen molar-refractivity contribution in [2.75, 3.05) is 7.11 Å². The molecule has 4 heteroatoms. The molecule has 2 bridgehead atoms. The number of ether oxygens (including phenoxy) is 2. The highest BCUT2D eigenvalue weighted by atomic mass is 16.5. The van der Waals surface area contributed by atoms with Crippen molar-refractivity contribution in [2.24, 2.45) is 11.7 Å². The summed E-state index contributed by atoms with van der Waals surface area (Å²) >= 11 is 0. The van der Waals surface area contributed by atoms with Crippen LogP contribution in [0.4, 0.5) is 0 Å². The highest BCUT2D eigenvalue weighted by molar-refractivity contribution is 5.74. The second-order valence-electron chi connectivity index (χ2n) is 3.42. The molecule has 2 aliphatic rings. The Bertz CT molecular complexity index is 204. The first kappa shape index (κ1) is 8.01. The molecule has 0 aromatic heterocycles. The van der Waals surface area contributed by atoms with Crippen LogP contribution < -0.4 is 5.73 Å². The third-order valence-electron chi connectivity index (χ3n) is 2.80.